The molecular weight excluding hydrogens is 122 g/mol. The molecule has 1 heterocycles. The van der Waals surface area contributed by atoms with Gasteiger partial charge in [0.2, 0.25) is 0 Å². The summed E-state index contributed by atoms with van der Waals surface area (Å²) in [6.07, 6.45) is 0. The smallest absolute Gasteiger partial charge is 0.00124 e. The summed E-state index contributed by atoms with van der Waals surface area (Å²) in [7, 11) is 0. The van der Waals surface area contributed by atoms with Crippen LogP contribution in [0, 0.1) is 17.3 Å². The van der Waals surface area contributed by atoms with Crippen LogP contribution in [0.4, 0.5) is 0 Å². The summed E-state index contributed by atoms with van der Waals surface area (Å²) >= 11 is 0. The van der Waals surface area contributed by atoms with E-state index in [2.05, 4.69) is 33.0 Å². The van der Waals surface area contributed by atoms with Crippen LogP contribution in [0.3, 0.4) is 0 Å². The second-order valence-corrected chi connectivity index (χ2v) is 4.61. The second kappa shape index (κ2) is 2.54. The maximum Gasteiger partial charge on any atom is -0.00124 e. The number of nitrogens with one attached hydrogen (secondary N) is 1. The summed E-state index contributed by atoms with van der Waals surface area (Å²) in [5, 5.41) is 3.43. The van der Waals surface area contributed by atoms with Crippen molar-refractivity contribution in [2.75, 3.05) is 13.1 Å². The molecule has 1 fully saturated rings. The van der Waals surface area contributed by atoms with Crippen molar-refractivity contribution < 1.29 is 0 Å². The first-order valence-electron chi connectivity index (χ1n) is 4.22. The van der Waals surface area contributed by atoms with Crippen molar-refractivity contribution in [3.63, 3.8) is 0 Å². The molecule has 0 amide bonds. The molecule has 1 aliphatic heterocycles. The monoisotopic (exact) mass is 141 g/mol. The van der Waals surface area contributed by atoms with Crippen molar-refractivity contribution in [1.82, 2.24) is 5.32 Å². The van der Waals surface area contributed by atoms with Crippen LogP contribution in [0.2, 0.25) is 0 Å². The minimum atomic E-state index is 0.489. The molecule has 1 rings (SSSR count). The molecule has 1 nitrogen and oxygen atoms in total. The van der Waals surface area contributed by atoms with Crippen molar-refractivity contribution in [3.8, 4) is 0 Å². The Kier molecular flexibility index (Phi) is 2.04. The quantitative estimate of drug-likeness (QED) is 0.543. The second-order valence-electron chi connectivity index (χ2n) is 4.61. The van der Waals surface area contributed by atoms with Crippen LogP contribution in [0.25, 0.3) is 0 Å². The fourth-order valence-corrected chi connectivity index (χ4v) is 1.97. The van der Waals surface area contributed by atoms with Crippen molar-refractivity contribution in [1.29, 1.82) is 0 Å². The first-order valence-corrected chi connectivity index (χ1v) is 4.22. The predicted octanol–water partition coefficient (Wildman–Crippen LogP) is 1.89. The lowest BCUT2D eigenvalue weighted by Crippen LogP contribution is -2.26. The first kappa shape index (κ1) is 8.06. The van der Waals surface area contributed by atoms with Gasteiger partial charge in [0.1, 0.15) is 0 Å². The molecule has 10 heavy (non-hydrogen) atoms. The minimum Gasteiger partial charge on any atom is -0.316 e. The summed E-state index contributed by atoms with van der Waals surface area (Å²) in [4.78, 5) is 0. The van der Waals surface area contributed by atoms with Gasteiger partial charge >= 0.3 is 0 Å². The van der Waals surface area contributed by atoms with Crippen LogP contribution in [-0.2, 0) is 0 Å². The Balaban J connectivity index is 2.55. The number of hydrogen-bond donors (Lipinski definition) is 1. The molecule has 60 valence electrons. The minimum absolute atomic E-state index is 0.489. The molecule has 1 heteroatoms. The number of hydrogen-bond acceptors (Lipinski definition) is 1. The first-order chi connectivity index (χ1) is 4.52. The van der Waals surface area contributed by atoms with E-state index in [0.717, 1.165) is 11.8 Å². The van der Waals surface area contributed by atoms with E-state index < -0.39 is 0 Å². The van der Waals surface area contributed by atoms with Crippen LogP contribution < -0.4 is 5.32 Å². The molecular formula is C9H19N. The summed E-state index contributed by atoms with van der Waals surface area (Å²) in [6.45, 7) is 11.8. The van der Waals surface area contributed by atoms with Gasteiger partial charge in [-0.05, 0) is 30.3 Å². The maximum absolute atomic E-state index is 3.43. The van der Waals surface area contributed by atoms with Crippen LogP contribution in [0.5, 0.6) is 0 Å². The van der Waals surface area contributed by atoms with Crippen LogP contribution >= 0.6 is 0 Å². The van der Waals surface area contributed by atoms with E-state index in [1.54, 1.807) is 0 Å². The van der Waals surface area contributed by atoms with E-state index in [0.29, 0.717) is 5.41 Å². The summed E-state index contributed by atoms with van der Waals surface area (Å²) < 4.78 is 0. The van der Waals surface area contributed by atoms with E-state index in [1.165, 1.54) is 13.1 Å². The predicted molar refractivity (Wildman–Crippen MR) is 45.0 cm³/mol. The Morgan fingerprint density at radius 2 is 1.80 bits per heavy atom. The van der Waals surface area contributed by atoms with Gasteiger partial charge in [0.05, 0.1) is 0 Å². The standard InChI is InChI=1S/C9H19N/c1-7-5-10-6-8(7)9(2,3)4/h7-8,10H,5-6H2,1-4H3/t7-,8?/m1/s1. The van der Waals surface area contributed by atoms with Gasteiger partial charge in [0.15, 0.2) is 0 Å². The Hall–Kier alpha value is -0.0400. The summed E-state index contributed by atoms with van der Waals surface area (Å²) in [5.41, 5.74) is 0.489. The summed E-state index contributed by atoms with van der Waals surface area (Å²) in [5.74, 6) is 1.73. The highest BCUT2D eigenvalue weighted by molar-refractivity contribution is 4.85. The zero-order valence-electron chi connectivity index (χ0n) is 7.57. The van der Waals surface area contributed by atoms with Crippen LogP contribution in [0.15, 0.2) is 0 Å². The highest BCUT2D eigenvalue weighted by atomic mass is 14.9. The third-order valence-electron chi connectivity index (χ3n) is 2.63. The van der Waals surface area contributed by atoms with Gasteiger partial charge in [-0.3, -0.25) is 0 Å². The molecule has 0 radical (unpaired) electrons. The lowest BCUT2D eigenvalue weighted by Gasteiger charge is -2.29. The molecule has 2 atom stereocenters. The van der Waals surface area contributed by atoms with Gasteiger partial charge in [0, 0.05) is 0 Å². The van der Waals surface area contributed by atoms with Gasteiger partial charge in [-0.1, -0.05) is 27.7 Å². The van der Waals surface area contributed by atoms with Crippen LogP contribution in [0.1, 0.15) is 27.7 Å². The lowest BCUT2D eigenvalue weighted by molar-refractivity contribution is 0.213. The molecule has 1 N–H and O–H groups in total. The van der Waals surface area contributed by atoms with Gasteiger partial charge in [-0.15, -0.1) is 0 Å². The lowest BCUT2D eigenvalue weighted by atomic mass is 9.76. The molecule has 0 spiro atoms. The van der Waals surface area contributed by atoms with Crippen molar-refractivity contribution >= 4 is 0 Å². The fraction of sp³-hybridized carbons (Fsp3) is 1.00. The normalized spacial score (nSPS) is 34.8. The average Bonchev–Trinajstić information content (AvgIpc) is 2.11. The van der Waals surface area contributed by atoms with E-state index in [-0.39, 0.29) is 0 Å². The largest absolute Gasteiger partial charge is 0.316 e. The molecule has 1 saturated heterocycles. The van der Waals surface area contributed by atoms with Gasteiger partial charge < -0.3 is 5.32 Å². The van der Waals surface area contributed by atoms with E-state index >= 15 is 0 Å². The number of rotatable bonds is 0. The molecule has 0 aliphatic carbocycles. The van der Waals surface area contributed by atoms with Crippen molar-refractivity contribution in [2.24, 2.45) is 17.3 Å². The molecule has 0 aromatic rings. The maximum atomic E-state index is 3.43. The van der Waals surface area contributed by atoms with E-state index in [9.17, 15) is 0 Å². The van der Waals surface area contributed by atoms with E-state index in [4.69, 9.17) is 0 Å². The highest BCUT2D eigenvalue weighted by Crippen LogP contribution is 2.33. The Morgan fingerprint density at radius 1 is 1.20 bits per heavy atom. The fourth-order valence-electron chi connectivity index (χ4n) is 1.97. The zero-order valence-corrected chi connectivity index (χ0v) is 7.57. The molecule has 0 bridgehead atoms. The zero-order chi connectivity index (χ0) is 7.78. The molecule has 1 unspecified atom stereocenters. The highest BCUT2D eigenvalue weighted by Gasteiger charge is 2.32. The third kappa shape index (κ3) is 1.51. The van der Waals surface area contributed by atoms with Crippen molar-refractivity contribution in [2.45, 2.75) is 27.7 Å². The molecule has 1 aliphatic rings. The average molecular weight is 141 g/mol. The molecule has 0 aromatic heterocycles. The topological polar surface area (TPSA) is 12.0 Å². The van der Waals surface area contributed by atoms with E-state index in [1.807, 2.05) is 0 Å². The Labute approximate surface area is 64.2 Å². The van der Waals surface area contributed by atoms with Gasteiger partial charge in [-0.2, -0.15) is 0 Å². The molecule has 0 aromatic carbocycles. The van der Waals surface area contributed by atoms with Crippen molar-refractivity contribution in [3.05, 3.63) is 0 Å². The molecule has 0 saturated carbocycles. The van der Waals surface area contributed by atoms with Crippen LogP contribution in [-0.4, -0.2) is 13.1 Å². The Bertz CT molecular complexity index is 112. The Morgan fingerprint density at radius 3 is 2.00 bits per heavy atom. The van der Waals surface area contributed by atoms with Gasteiger partial charge in [-0.25, -0.2) is 0 Å². The third-order valence-corrected chi connectivity index (χ3v) is 2.63. The van der Waals surface area contributed by atoms with Gasteiger partial charge in [0.25, 0.3) is 0 Å². The SMILES string of the molecule is C[C@@H]1CNCC1C(C)(C)C. The summed E-state index contributed by atoms with van der Waals surface area (Å²) in [6, 6.07) is 0.